The molecule has 12 heavy (non-hydrogen) atoms. The molecule has 3 heteroatoms. The quantitative estimate of drug-likeness (QED) is 0.715. The number of rotatable bonds is 2. The van der Waals surface area contributed by atoms with E-state index in [1.54, 1.807) is 19.2 Å². The van der Waals surface area contributed by atoms with E-state index < -0.39 is 0 Å². The van der Waals surface area contributed by atoms with Gasteiger partial charge in [0.25, 0.3) is 0 Å². The summed E-state index contributed by atoms with van der Waals surface area (Å²) in [6.07, 6.45) is 0. The van der Waals surface area contributed by atoms with Crippen LogP contribution < -0.4 is 5.32 Å². The number of benzene rings is 1. The molecule has 0 saturated heterocycles. The first-order valence-corrected chi connectivity index (χ1v) is 4.02. The van der Waals surface area contributed by atoms with E-state index >= 15 is 0 Å². The van der Waals surface area contributed by atoms with Gasteiger partial charge in [0.05, 0.1) is 10.6 Å². The van der Waals surface area contributed by atoms with Gasteiger partial charge in [-0.15, -0.1) is 0 Å². The van der Waals surface area contributed by atoms with Crippen LogP contribution >= 0.6 is 11.6 Å². The van der Waals surface area contributed by atoms with E-state index in [2.05, 4.69) is 5.32 Å². The number of nitrogens with one attached hydrogen (secondary N) is 1. The molecule has 0 spiro atoms. The maximum absolute atomic E-state index is 11.1. The van der Waals surface area contributed by atoms with Gasteiger partial charge < -0.3 is 5.32 Å². The van der Waals surface area contributed by atoms with E-state index in [0.29, 0.717) is 10.6 Å². The third-order valence-electron chi connectivity index (χ3n) is 1.64. The van der Waals surface area contributed by atoms with Gasteiger partial charge in [-0.05, 0) is 19.1 Å². The van der Waals surface area contributed by atoms with Crippen molar-refractivity contribution >= 4 is 23.1 Å². The van der Waals surface area contributed by atoms with Crippen LogP contribution in [0.5, 0.6) is 0 Å². The normalized spacial score (nSPS) is 9.58. The molecule has 1 N–H and O–H groups in total. The molecule has 1 aromatic rings. The van der Waals surface area contributed by atoms with Gasteiger partial charge in [-0.25, -0.2) is 0 Å². The van der Waals surface area contributed by atoms with Crippen molar-refractivity contribution in [2.75, 3.05) is 12.4 Å². The lowest BCUT2D eigenvalue weighted by Crippen LogP contribution is -2.00. The molecular formula is C9H10ClNO. The smallest absolute Gasteiger partial charge is 0.163 e. The van der Waals surface area contributed by atoms with Crippen LogP contribution in [0.25, 0.3) is 0 Å². The predicted molar refractivity (Wildman–Crippen MR) is 51.0 cm³/mol. The molecule has 0 saturated carbocycles. The molecule has 64 valence electrons. The molecule has 0 unspecified atom stereocenters. The van der Waals surface area contributed by atoms with Crippen molar-refractivity contribution in [2.45, 2.75) is 6.92 Å². The Morgan fingerprint density at radius 1 is 1.50 bits per heavy atom. The minimum Gasteiger partial charge on any atom is -0.387 e. The highest BCUT2D eigenvalue weighted by Crippen LogP contribution is 2.23. The lowest BCUT2D eigenvalue weighted by Gasteiger charge is -2.06. The summed E-state index contributed by atoms with van der Waals surface area (Å²) < 4.78 is 0. The Hall–Kier alpha value is -1.02. The number of hydrogen-bond acceptors (Lipinski definition) is 2. The number of hydrogen-bond donors (Lipinski definition) is 1. The summed E-state index contributed by atoms with van der Waals surface area (Å²) in [5.41, 5.74) is 1.33. The Morgan fingerprint density at radius 2 is 2.17 bits per heavy atom. The largest absolute Gasteiger partial charge is 0.387 e. The number of carbonyl (C=O) groups is 1. The molecule has 0 fully saturated rings. The minimum absolute atomic E-state index is 0.0232. The first kappa shape index (κ1) is 9.07. The van der Waals surface area contributed by atoms with Crippen molar-refractivity contribution in [1.29, 1.82) is 0 Å². The Labute approximate surface area is 76.5 Å². The lowest BCUT2D eigenvalue weighted by atomic mass is 10.1. The zero-order chi connectivity index (χ0) is 9.14. The summed E-state index contributed by atoms with van der Waals surface area (Å²) in [5.74, 6) is -0.0232. The monoisotopic (exact) mass is 183 g/mol. The van der Waals surface area contributed by atoms with Gasteiger partial charge in [0, 0.05) is 12.7 Å². The molecule has 0 aliphatic rings. The van der Waals surface area contributed by atoms with Gasteiger partial charge in [-0.2, -0.15) is 0 Å². The number of Topliss-reactive ketones (excluding diaryl/α,β-unsaturated/α-hetero) is 1. The van der Waals surface area contributed by atoms with E-state index in [-0.39, 0.29) is 5.78 Å². The zero-order valence-electron chi connectivity index (χ0n) is 7.02. The van der Waals surface area contributed by atoms with Gasteiger partial charge in [-0.1, -0.05) is 17.7 Å². The van der Waals surface area contributed by atoms with Crippen molar-refractivity contribution in [3.63, 3.8) is 0 Å². The number of halogens is 1. The first-order chi connectivity index (χ1) is 5.66. The summed E-state index contributed by atoms with van der Waals surface area (Å²) in [4.78, 5) is 11.1. The van der Waals surface area contributed by atoms with Crippen LogP contribution in [-0.2, 0) is 0 Å². The fourth-order valence-electron chi connectivity index (χ4n) is 1.09. The van der Waals surface area contributed by atoms with Crippen LogP contribution in [-0.4, -0.2) is 12.8 Å². The maximum atomic E-state index is 11.1. The molecular weight excluding hydrogens is 174 g/mol. The molecule has 0 atom stereocenters. The Balaban J connectivity index is 3.29. The molecule has 0 heterocycles. The summed E-state index contributed by atoms with van der Waals surface area (Å²) >= 11 is 5.84. The van der Waals surface area contributed by atoms with Gasteiger partial charge in [-0.3, -0.25) is 4.79 Å². The molecule has 2 nitrogen and oxygen atoms in total. The highest BCUT2D eigenvalue weighted by atomic mass is 35.5. The van der Waals surface area contributed by atoms with Gasteiger partial charge in [0.2, 0.25) is 0 Å². The van der Waals surface area contributed by atoms with Crippen molar-refractivity contribution in [1.82, 2.24) is 0 Å². The standard InChI is InChI=1S/C9H10ClNO/c1-6(12)9-7(10)4-3-5-8(9)11-2/h3-5,11H,1-2H3. The SMILES string of the molecule is CNc1cccc(Cl)c1C(C)=O. The van der Waals surface area contributed by atoms with Crippen LogP contribution in [0.3, 0.4) is 0 Å². The van der Waals surface area contributed by atoms with E-state index in [0.717, 1.165) is 5.69 Å². The zero-order valence-corrected chi connectivity index (χ0v) is 7.77. The molecule has 1 aromatic carbocycles. The molecule has 0 radical (unpaired) electrons. The van der Waals surface area contributed by atoms with Gasteiger partial charge in [0.1, 0.15) is 0 Å². The second-order valence-corrected chi connectivity index (χ2v) is 2.88. The average molecular weight is 184 g/mol. The predicted octanol–water partition coefficient (Wildman–Crippen LogP) is 2.58. The van der Waals surface area contributed by atoms with Gasteiger partial charge in [0.15, 0.2) is 5.78 Å². The number of anilines is 1. The second kappa shape index (κ2) is 3.59. The third-order valence-corrected chi connectivity index (χ3v) is 1.95. The van der Waals surface area contributed by atoms with Crippen molar-refractivity contribution in [3.05, 3.63) is 28.8 Å². The number of ketones is 1. The highest BCUT2D eigenvalue weighted by molar-refractivity contribution is 6.34. The maximum Gasteiger partial charge on any atom is 0.163 e. The van der Waals surface area contributed by atoms with Gasteiger partial charge >= 0.3 is 0 Å². The van der Waals surface area contributed by atoms with Crippen molar-refractivity contribution in [3.8, 4) is 0 Å². The first-order valence-electron chi connectivity index (χ1n) is 3.64. The lowest BCUT2D eigenvalue weighted by molar-refractivity contribution is 0.101. The van der Waals surface area contributed by atoms with Crippen LogP contribution in [0, 0.1) is 0 Å². The topological polar surface area (TPSA) is 29.1 Å². The number of carbonyl (C=O) groups excluding carboxylic acids is 1. The van der Waals surface area contributed by atoms with Crippen LogP contribution in [0.1, 0.15) is 17.3 Å². The molecule has 0 aliphatic carbocycles. The van der Waals surface area contributed by atoms with Crippen molar-refractivity contribution < 1.29 is 4.79 Å². The second-order valence-electron chi connectivity index (χ2n) is 2.47. The molecule has 1 rings (SSSR count). The molecule has 0 aliphatic heterocycles. The Kier molecular flexibility index (Phi) is 2.71. The fraction of sp³-hybridized carbons (Fsp3) is 0.222. The molecule has 0 bridgehead atoms. The molecule has 0 aromatic heterocycles. The van der Waals surface area contributed by atoms with Crippen molar-refractivity contribution in [2.24, 2.45) is 0 Å². The Bertz CT molecular complexity index is 309. The summed E-state index contributed by atoms with van der Waals surface area (Å²) in [6, 6.07) is 5.34. The summed E-state index contributed by atoms with van der Waals surface area (Å²) in [6.45, 7) is 1.50. The summed E-state index contributed by atoms with van der Waals surface area (Å²) in [5, 5.41) is 3.41. The highest BCUT2D eigenvalue weighted by Gasteiger charge is 2.09. The van der Waals surface area contributed by atoms with E-state index in [9.17, 15) is 4.79 Å². The van der Waals surface area contributed by atoms with E-state index in [1.807, 2.05) is 6.07 Å². The molecule has 0 amide bonds. The van der Waals surface area contributed by atoms with E-state index in [4.69, 9.17) is 11.6 Å². The van der Waals surface area contributed by atoms with Crippen LogP contribution in [0.4, 0.5) is 5.69 Å². The van der Waals surface area contributed by atoms with E-state index in [1.165, 1.54) is 6.92 Å². The minimum atomic E-state index is -0.0232. The average Bonchev–Trinajstić information content (AvgIpc) is 2.03. The fourth-order valence-corrected chi connectivity index (χ4v) is 1.40. The van der Waals surface area contributed by atoms with Crippen LogP contribution in [0.2, 0.25) is 5.02 Å². The Morgan fingerprint density at radius 3 is 2.58 bits per heavy atom. The third kappa shape index (κ3) is 1.59. The van der Waals surface area contributed by atoms with Crippen LogP contribution in [0.15, 0.2) is 18.2 Å². The summed E-state index contributed by atoms with van der Waals surface area (Å²) in [7, 11) is 1.76.